The fourth-order valence-corrected chi connectivity index (χ4v) is 3.94. The number of hydrogen-bond acceptors (Lipinski definition) is 4. The largest absolute Gasteiger partial charge is 0.497 e. The minimum absolute atomic E-state index is 0.131. The fourth-order valence-electron chi connectivity index (χ4n) is 3.94. The summed E-state index contributed by atoms with van der Waals surface area (Å²) in [4.78, 5) is 42.0. The first-order valence-corrected chi connectivity index (χ1v) is 10.6. The molecule has 33 heavy (non-hydrogen) atoms. The monoisotopic (exact) mass is 446 g/mol. The van der Waals surface area contributed by atoms with Gasteiger partial charge in [-0.3, -0.25) is 14.4 Å². The molecule has 0 unspecified atom stereocenters. The van der Waals surface area contributed by atoms with Gasteiger partial charge in [-0.15, -0.1) is 0 Å². The first kappa shape index (κ1) is 22.2. The molecule has 1 fully saturated rings. The summed E-state index contributed by atoms with van der Waals surface area (Å²) in [5.41, 5.74) is 1.53. The van der Waals surface area contributed by atoms with Crippen LogP contribution in [-0.2, 0) is 16.0 Å². The van der Waals surface area contributed by atoms with E-state index in [9.17, 15) is 18.8 Å². The number of methoxy groups -OCH3 is 1. The Morgan fingerprint density at radius 3 is 2.42 bits per heavy atom. The average molecular weight is 446 g/mol. The first-order chi connectivity index (χ1) is 16.0. The summed E-state index contributed by atoms with van der Waals surface area (Å²) in [5.74, 6) is -1.32. The maximum absolute atomic E-state index is 13.8. The first-order valence-electron chi connectivity index (χ1n) is 10.6. The molecule has 6 nitrogen and oxygen atoms in total. The number of carbonyl (C=O) groups is 3. The van der Waals surface area contributed by atoms with Crippen LogP contribution in [0.3, 0.4) is 0 Å². The molecule has 0 N–H and O–H groups in total. The van der Waals surface area contributed by atoms with Gasteiger partial charge in [0, 0.05) is 12.1 Å². The third kappa shape index (κ3) is 4.77. The second kappa shape index (κ2) is 9.65. The molecule has 1 atom stereocenters. The van der Waals surface area contributed by atoms with Crippen LogP contribution in [0.25, 0.3) is 0 Å². The van der Waals surface area contributed by atoms with Gasteiger partial charge >= 0.3 is 0 Å². The van der Waals surface area contributed by atoms with Crippen molar-refractivity contribution in [3.63, 3.8) is 0 Å². The van der Waals surface area contributed by atoms with Gasteiger partial charge in [0.1, 0.15) is 17.6 Å². The van der Waals surface area contributed by atoms with E-state index in [1.165, 1.54) is 30.2 Å². The van der Waals surface area contributed by atoms with Crippen molar-refractivity contribution in [2.24, 2.45) is 0 Å². The highest BCUT2D eigenvalue weighted by Crippen LogP contribution is 2.28. The number of hydrogen-bond donors (Lipinski definition) is 0. The summed E-state index contributed by atoms with van der Waals surface area (Å²) < 4.78 is 18.9. The maximum atomic E-state index is 13.8. The van der Waals surface area contributed by atoms with Crippen LogP contribution < -0.4 is 9.64 Å². The molecule has 0 saturated carbocycles. The molecule has 0 aromatic heterocycles. The molecule has 3 aromatic rings. The maximum Gasteiger partial charge on any atom is 0.257 e. The lowest BCUT2D eigenvalue weighted by Crippen LogP contribution is -2.46. The third-order valence-electron chi connectivity index (χ3n) is 5.65. The number of benzene rings is 3. The molecular weight excluding hydrogens is 423 g/mol. The van der Waals surface area contributed by atoms with Crippen LogP contribution in [0.5, 0.6) is 5.75 Å². The average Bonchev–Trinajstić information content (AvgIpc) is 3.13. The number of amides is 3. The van der Waals surface area contributed by atoms with Crippen molar-refractivity contribution in [1.82, 2.24) is 4.90 Å². The summed E-state index contributed by atoms with van der Waals surface area (Å²) in [7, 11) is 1.53. The molecule has 1 aliphatic heterocycles. The zero-order valence-electron chi connectivity index (χ0n) is 18.1. The molecule has 3 aromatic carbocycles. The standard InChI is InChI=1S/C26H23FN2O4/c1-33-22-12-10-21(11-13-22)29-24(30)17-23(26(29)32)28(15-14-18-6-3-2-4-7-18)25(31)19-8-5-9-20(27)16-19/h2-13,16,23H,14-15,17H2,1H3/t23-/m0/s1. The van der Waals surface area contributed by atoms with Crippen LogP contribution in [-0.4, -0.2) is 42.3 Å². The number of ether oxygens (including phenoxy) is 1. The van der Waals surface area contributed by atoms with Crippen LogP contribution in [0, 0.1) is 5.82 Å². The van der Waals surface area contributed by atoms with Gasteiger partial charge in [-0.2, -0.15) is 0 Å². The molecule has 1 heterocycles. The fraction of sp³-hybridized carbons (Fsp3) is 0.192. The SMILES string of the molecule is COc1ccc(N2C(=O)C[C@H](N(CCc3ccccc3)C(=O)c3cccc(F)c3)C2=O)cc1. The molecular formula is C26H23FN2O4. The third-order valence-corrected chi connectivity index (χ3v) is 5.65. The Morgan fingerprint density at radius 1 is 1.03 bits per heavy atom. The Bertz CT molecular complexity index is 1160. The van der Waals surface area contributed by atoms with Gasteiger partial charge in [0.15, 0.2) is 0 Å². The molecule has 7 heteroatoms. The number of nitrogens with zero attached hydrogens (tertiary/aromatic N) is 2. The molecule has 1 aliphatic rings. The molecule has 0 bridgehead atoms. The van der Waals surface area contributed by atoms with Crippen molar-refractivity contribution in [3.05, 3.63) is 95.8 Å². The van der Waals surface area contributed by atoms with Gasteiger partial charge in [-0.05, 0) is 54.4 Å². The predicted molar refractivity (Wildman–Crippen MR) is 121 cm³/mol. The lowest BCUT2D eigenvalue weighted by molar-refractivity contribution is -0.122. The highest BCUT2D eigenvalue weighted by molar-refractivity contribution is 6.23. The van der Waals surface area contributed by atoms with E-state index >= 15 is 0 Å². The van der Waals surface area contributed by atoms with Crippen molar-refractivity contribution in [1.29, 1.82) is 0 Å². The van der Waals surface area contributed by atoms with Gasteiger partial charge in [0.05, 0.1) is 19.2 Å². The Hall–Kier alpha value is -4.00. The Labute approximate surface area is 191 Å². The summed E-state index contributed by atoms with van der Waals surface area (Å²) in [6, 6.07) is 20.5. The second-order valence-electron chi connectivity index (χ2n) is 7.73. The van der Waals surface area contributed by atoms with Crippen LogP contribution in [0.4, 0.5) is 10.1 Å². The van der Waals surface area contributed by atoms with E-state index in [4.69, 9.17) is 4.74 Å². The van der Waals surface area contributed by atoms with Gasteiger partial charge in [0.2, 0.25) is 5.91 Å². The normalized spacial score (nSPS) is 15.6. The van der Waals surface area contributed by atoms with Crippen LogP contribution in [0.2, 0.25) is 0 Å². The zero-order valence-corrected chi connectivity index (χ0v) is 18.1. The van der Waals surface area contributed by atoms with Crippen LogP contribution in [0.1, 0.15) is 22.3 Å². The Kier molecular flexibility index (Phi) is 6.49. The number of anilines is 1. The number of imide groups is 1. The highest BCUT2D eigenvalue weighted by Gasteiger charge is 2.44. The minimum Gasteiger partial charge on any atom is -0.497 e. The quantitative estimate of drug-likeness (QED) is 0.517. The number of carbonyl (C=O) groups excluding carboxylic acids is 3. The van der Waals surface area contributed by atoms with Crippen molar-refractivity contribution < 1.29 is 23.5 Å². The van der Waals surface area contributed by atoms with Crippen molar-refractivity contribution >= 4 is 23.4 Å². The molecule has 0 radical (unpaired) electrons. The summed E-state index contributed by atoms with van der Waals surface area (Å²) in [6.07, 6.45) is 0.350. The second-order valence-corrected chi connectivity index (χ2v) is 7.73. The highest BCUT2D eigenvalue weighted by atomic mass is 19.1. The van der Waals surface area contributed by atoms with Crippen molar-refractivity contribution in [3.8, 4) is 5.75 Å². The lowest BCUT2D eigenvalue weighted by atomic mass is 10.1. The lowest BCUT2D eigenvalue weighted by Gasteiger charge is -2.28. The zero-order chi connectivity index (χ0) is 23.4. The molecule has 1 saturated heterocycles. The van der Waals surface area contributed by atoms with Crippen LogP contribution >= 0.6 is 0 Å². The Morgan fingerprint density at radius 2 is 1.76 bits per heavy atom. The van der Waals surface area contributed by atoms with E-state index in [1.54, 1.807) is 24.3 Å². The smallest absolute Gasteiger partial charge is 0.257 e. The van der Waals surface area contributed by atoms with Gasteiger partial charge in [-0.25, -0.2) is 9.29 Å². The Balaban J connectivity index is 1.63. The van der Waals surface area contributed by atoms with Gasteiger partial charge in [-0.1, -0.05) is 36.4 Å². The van der Waals surface area contributed by atoms with E-state index in [0.717, 1.165) is 16.5 Å². The van der Waals surface area contributed by atoms with E-state index in [1.807, 2.05) is 30.3 Å². The van der Waals surface area contributed by atoms with E-state index in [-0.39, 0.29) is 18.5 Å². The van der Waals surface area contributed by atoms with Gasteiger partial charge < -0.3 is 9.64 Å². The van der Waals surface area contributed by atoms with Crippen molar-refractivity contribution in [2.75, 3.05) is 18.6 Å². The van der Waals surface area contributed by atoms with E-state index < -0.39 is 29.6 Å². The molecule has 168 valence electrons. The number of halogens is 1. The minimum atomic E-state index is -0.973. The molecule has 4 rings (SSSR count). The van der Waals surface area contributed by atoms with Crippen molar-refractivity contribution in [2.45, 2.75) is 18.9 Å². The molecule has 0 spiro atoms. The summed E-state index contributed by atoms with van der Waals surface area (Å²) in [5, 5.41) is 0. The van der Waals surface area contributed by atoms with Crippen LogP contribution in [0.15, 0.2) is 78.9 Å². The molecule has 3 amide bonds. The summed E-state index contributed by atoms with van der Waals surface area (Å²) >= 11 is 0. The topological polar surface area (TPSA) is 66.9 Å². The van der Waals surface area contributed by atoms with E-state index in [2.05, 4.69) is 0 Å². The van der Waals surface area contributed by atoms with Gasteiger partial charge in [0.25, 0.3) is 11.8 Å². The number of rotatable bonds is 7. The summed E-state index contributed by atoms with van der Waals surface area (Å²) in [6.45, 7) is 0.208. The predicted octanol–water partition coefficient (Wildman–Crippen LogP) is 3.85. The van der Waals surface area contributed by atoms with E-state index in [0.29, 0.717) is 17.9 Å². The molecule has 0 aliphatic carbocycles.